The third kappa shape index (κ3) is 30.3. The van der Waals surface area contributed by atoms with E-state index < -0.39 is 0 Å². The van der Waals surface area contributed by atoms with Gasteiger partial charge in [-0.2, -0.15) is 0 Å². The van der Waals surface area contributed by atoms with Gasteiger partial charge in [-0.25, -0.2) is 0 Å². The van der Waals surface area contributed by atoms with Crippen molar-refractivity contribution >= 4 is 17.8 Å². The van der Waals surface area contributed by atoms with Gasteiger partial charge in [0.2, 0.25) is 5.91 Å². The zero-order valence-electron chi connectivity index (χ0n) is 36.4. The highest BCUT2D eigenvalue weighted by Crippen LogP contribution is 2.22. The zero-order chi connectivity index (χ0) is 39.2. The molecular formula is C46H91N2O5+. The van der Waals surface area contributed by atoms with E-state index in [1.165, 1.54) is 89.9 Å². The Hall–Kier alpha value is -1.63. The highest BCUT2D eigenvalue weighted by molar-refractivity contribution is 5.76. The molecule has 7 nitrogen and oxygen atoms in total. The van der Waals surface area contributed by atoms with Gasteiger partial charge in [0, 0.05) is 12.8 Å². The molecule has 314 valence electrons. The molecule has 0 fully saturated rings. The summed E-state index contributed by atoms with van der Waals surface area (Å²) in [6.07, 6.45) is 30.9. The highest BCUT2D eigenvalue weighted by Gasteiger charge is 2.23. The Morgan fingerprint density at radius 2 is 0.774 bits per heavy atom. The summed E-state index contributed by atoms with van der Waals surface area (Å²) in [6.45, 7) is 17.7. The van der Waals surface area contributed by atoms with Crippen LogP contribution in [0.15, 0.2) is 0 Å². The normalized spacial score (nSPS) is 12.6. The number of rotatable bonds is 40. The average Bonchev–Trinajstić information content (AvgIpc) is 3.15. The molecule has 2 unspecified atom stereocenters. The maximum atomic E-state index is 13.6. The molecule has 0 aliphatic heterocycles. The monoisotopic (exact) mass is 752 g/mol. The van der Waals surface area contributed by atoms with Crippen LogP contribution in [0.2, 0.25) is 0 Å². The molecule has 0 aromatic heterocycles. The Bertz CT molecular complexity index is 781. The van der Waals surface area contributed by atoms with E-state index in [1.807, 2.05) is 0 Å². The van der Waals surface area contributed by atoms with Crippen molar-refractivity contribution in [1.29, 1.82) is 0 Å². The minimum absolute atomic E-state index is 0.0601. The molecule has 53 heavy (non-hydrogen) atoms. The molecular weight excluding hydrogens is 661 g/mol. The summed E-state index contributed by atoms with van der Waals surface area (Å²) >= 11 is 0. The van der Waals surface area contributed by atoms with Gasteiger partial charge in [-0.15, -0.1) is 0 Å². The smallest absolute Gasteiger partial charge is 0.308 e. The molecule has 0 radical (unpaired) electrons. The van der Waals surface area contributed by atoms with Crippen LogP contribution in [-0.2, 0) is 23.9 Å². The fourth-order valence-corrected chi connectivity index (χ4v) is 7.58. The van der Waals surface area contributed by atoms with E-state index in [-0.39, 0.29) is 42.9 Å². The third-order valence-electron chi connectivity index (χ3n) is 11.0. The topological polar surface area (TPSA) is 77.3 Å². The number of nitrogens with zero attached hydrogens (tertiary/aromatic N) is 1. The first-order chi connectivity index (χ1) is 25.9. The van der Waals surface area contributed by atoms with Crippen LogP contribution in [0.5, 0.6) is 0 Å². The molecule has 2 atom stereocenters. The van der Waals surface area contributed by atoms with Gasteiger partial charge in [0.05, 0.1) is 44.6 Å². The highest BCUT2D eigenvalue weighted by atomic mass is 16.5. The Morgan fingerprint density at radius 1 is 0.434 bits per heavy atom. The van der Waals surface area contributed by atoms with Crippen LogP contribution in [-0.4, -0.2) is 68.7 Å². The molecule has 1 amide bonds. The Labute approximate surface area is 329 Å². The van der Waals surface area contributed by atoms with Crippen molar-refractivity contribution in [2.75, 3.05) is 45.9 Å². The van der Waals surface area contributed by atoms with Crippen LogP contribution in [0.1, 0.15) is 221 Å². The van der Waals surface area contributed by atoms with Gasteiger partial charge >= 0.3 is 11.9 Å². The maximum Gasteiger partial charge on any atom is 0.308 e. The first-order valence-corrected chi connectivity index (χ1v) is 23.3. The van der Waals surface area contributed by atoms with Crippen LogP contribution < -0.4 is 4.90 Å². The number of quaternary nitrogens is 1. The minimum atomic E-state index is -0.104. The summed E-state index contributed by atoms with van der Waals surface area (Å²) in [5.74, 6) is -0.262. The van der Waals surface area contributed by atoms with E-state index in [9.17, 15) is 14.4 Å². The number of hydrogen-bond donors (Lipinski definition) is 1. The van der Waals surface area contributed by atoms with Crippen LogP contribution in [0.3, 0.4) is 0 Å². The van der Waals surface area contributed by atoms with E-state index in [4.69, 9.17) is 9.47 Å². The van der Waals surface area contributed by atoms with Crippen molar-refractivity contribution in [3.63, 3.8) is 0 Å². The second-order valence-corrected chi connectivity index (χ2v) is 16.0. The number of carbonyl (C=O) groups excluding carboxylic acids is 3. The zero-order valence-corrected chi connectivity index (χ0v) is 36.4. The van der Waals surface area contributed by atoms with Crippen molar-refractivity contribution in [1.82, 2.24) is 4.90 Å². The van der Waals surface area contributed by atoms with Gasteiger partial charge in [0.25, 0.3) is 0 Å². The molecule has 0 aliphatic carbocycles. The van der Waals surface area contributed by atoms with E-state index in [0.29, 0.717) is 19.5 Å². The molecule has 0 heterocycles. The number of hydrogen-bond acceptors (Lipinski definition) is 5. The predicted molar refractivity (Wildman–Crippen MR) is 224 cm³/mol. The summed E-state index contributed by atoms with van der Waals surface area (Å²) in [5, 5.41) is 0. The average molecular weight is 752 g/mol. The first-order valence-electron chi connectivity index (χ1n) is 23.3. The lowest BCUT2D eigenvalue weighted by Crippen LogP contribution is -3.12. The van der Waals surface area contributed by atoms with E-state index >= 15 is 0 Å². The maximum absolute atomic E-state index is 13.6. The number of carbonyl (C=O) groups is 3. The summed E-state index contributed by atoms with van der Waals surface area (Å²) in [5.41, 5.74) is 0. The largest absolute Gasteiger partial charge is 0.464 e. The second kappa shape index (κ2) is 38.6. The number of unbranched alkanes of at least 4 members (excludes halogenated alkanes) is 16. The van der Waals surface area contributed by atoms with Gasteiger partial charge < -0.3 is 19.3 Å². The van der Waals surface area contributed by atoms with E-state index in [0.717, 1.165) is 103 Å². The SMILES string of the molecule is CCCCCCCCC(CCCCCC)C(=O)OCCN(CCOC(=O)C(CCCCCC)CCCCCCCC)C(=O)CCC[NH+](CCC)CCC. The van der Waals surface area contributed by atoms with Crippen molar-refractivity contribution in [2.24, 2.45) is 11.8 Å². The predicted octanol–water partition coefficient (Wildman–Crippen LogP) is 11.1. The molecule has 1 N–H and O–H groups in total. The van der Waals surface area contributed by atoms with Crippen LogP contribution in [0, 0.1) is 11.8 Å². The first kappa shape index (κ1) is 51.4. The van der Waals surface area contributed by atoms with Crippen molar-refractivity contribution < 1.29 is 28.8 Å². The third-order valence-corrected chi connectivity index (χ3v) is 11.0. The van der Waals surface area contributed by atoms with Crippen molar-refractivity contribution in [3.05, 3.63) is 0 Å². The lowest BCUT2D eigenvalue weighted by atomic mass is 9.94. The summed E-state index contributed by atoms with van der Waals surface area (Å²) in [7, 11) is 0. The summed E-state index contributed by atoms with van der Waals surface area (Å²) < 4.78 is 11.8. The Balaban J connectivity index is 5.38. The fraction of sp³-hybridized carbons (Fsp3) is 0.935. The van der Waals surface area contributed by atoms with Crippen LogP contribution in [0.25, 0.3) is 0 Å². The number of nitrogens with one attached hydrogen (secondary N) is 1. The Kier molecular flexibility index (Phi) is 37.4. The lowest BCUT2D eigenvalue weighted by Gasteiger charge is -2.25. The van der Waals surface area contributed by atoms with E-state index in [2.05, 4.69) is 41.5 Å². The molecule has 0 bridgehead atoms. The Morgan fingerprint density at radius 3 is 1.13 bits per heavy atom. The van der Waals surface area contributed by atoms with Crippen molar-refractivity contribution in [3.8, 4) is 0 Å². The molecule has 0 aromatic carbocycles. The quantitative estimate of drug-likeness (QED) is 0.0498. The molecule has 7 heteroatoms. The van der Waals surface area contributed by atoms with Gasteiger partial charge in [-0.1, -0.05) is 170 Å². The van der Waals surface area contributed by atoms with Gasteiger partial charge in [0.1, 0.15) is 13.2 Å². The number of amides is 1. The number of ether oxygens (including phenoxy) is 2. The van der Waals surface area contributed by atoms with Gasteiger partial charge in [-0.05, 0) is 38.5 Å². The minimum Gasteiger partial charge on any atom is -0.464 e. The van der Waals surface area contributed by atoms with Gasteiger partial charge in [0.15, 0.2) is 0 Å². The molecule has 0 aliphatic rings. The molecule has 0 spiro atoms. The van der Waals surface area contributed by atoms with Gasteiger partial charge in [-0.3, -0.25) is 14.4 Å². The van der Waals surface area contributed by atoms with Crippen LogP contribution in [0.4, 0.5) is 0 Å². The van der Waals surface area contributed by atoms with E-state index in [1.54, 1.807) is 9.80 Å². The molecule has 0 saturated heterocycles. The molecule has 0 rings (SSSR count). The molecule has 0 aromatic rings. The fourth-order valence-electron chi connectivity index (χ4n) is 7.58. The summed E-state index contributed by atoms with van der Waals surface area (Å²) in [4.78, 5) is 43.7. The van der Waals surface area contributed by atoms with Crippen LogP contribution >= 0.6 is 0 Å². The molecule has 0 saturated carbocycles. The lowest BCUT2D eigenvalue weighted by molar-refractivity contribution is -0.900. The second-order valence-electron chi connectivity index (χ2n) is 16.0. The summed E-state index contributed by atoms with van der Waals surface area (Å²) in [6, 6.07) is 0. The standard InChI is InChI=1S/C46H90N2O5/c1-7-13-17-21-23-27-32-42(30-25-19-15-9-3)45(50)52-40-38-48(44(49)34-29-37-47(35-11-5)36-12-6)39-41-53-46(51)43(31-26-20-16-10-4)33-28-24-22-18-14-8-2/h42-43H,7-41H2,1-6H3/p+1. The number of esters is 2. The van der Waals surface area contributed by atoms with Crippen molar-refractivity contribution in [2.45, 2.75) is 221 Å².